The van der Waals surface area contributed by atoms with E-state index in [0.29, 0.717) is 0 Å². The summed E-state index contributed by atoms with van der Waals surface area (Å²) in [5, 5.41) is 3.34. The number of allylic oxidation sites excluding steroid dienone is 1. The van der Waals surface area contributed by atoms with E-state index in [0.717, 1.165) is 32.7 Å². The summed E-state index contributed by atoms with van der Waals surface area (Å²) in [5.74, 6) is 0. The van der Waals surface area contributed by atoms with Crippen molar-refractivity contribution >= 4 is 6.21 Å². The van der Waals surface area contributed by atoms with Crippen LogP contribution in [0, 0.1) is 0 Å². The third kappa shape index (κ3) is 3.70. The second kappa shape index (κ2) is 5.89. The maximum Gasteiger partial charge on any atom is 0.0497 e. The Morgan fingerprint density at radius 1 is 1.38 bits per heavy atom. The fourth-order valence-electron chi connectivity index (χ4n) is 1.47. The lowest BCUT2D eigenvalue weighted by molar-refractivity contribution is 0.259. The average molecular weight is 181 g/mol. The highest BCUT2D eigenvalue weighted by Crippen LogP contribution is 2.01. The summed E-state index contributed by atoms with van der Waals surface area (Å²) in [7, 11) is 0. The normalized spacial score (nSPS) is 21.2. The van der Waals surface area contributed by atoms with Gasteiger partial charge in [0.1, 0.15) is 0 Å². The van der Waals surface area contributed by atoms with Crippen molar-refractivity contribution in [2.24, 2.45) is 4.99 Å². The van der Waals surface area contributed by atoms with Crippen molar-refractivity contribution in [2.45, 2.75) is 13.8 Å². The number of piperazine rings is 1. The van der Waals surface area contributed by atoms with Crippen molar-refractivity contribution in [3.8, 4) is 0 Å². The van der Waals surface area contributed by atoms with Crippen LogP contribution in [0.15, 0.2) is 16.8 Å². The van der Waals surface area contributed by atoms with Crippen molar-refractivity contribution in [2.75, 3.05) is 32.7 Å². The summed E-state index contributed by atoms with van der Waals surface area (Å²) in [6.07, 6.45) is 3.94. The molecule has 1 saturated heterocycles. The molecule has 0 unspecified atom stereocenters. The molecule has 0 radical (unpaired) electrons. The van der Waals surface area contributed by atoms with Gasteiger partial charge >= 0.3 is 0 Å². The van der Waals surface area contributed by atoms with Gasteiger partial charge in [0.05, 0.1) is 0 Å². The smallest absolute Gasteiger partial charge is 0.0497 e. The molecule has 0 aromatic carbocycles. The fourth-order valence-corrected chi connectivity index (χ4v) is 1.47. The molecule has 13 heavy (non-hydrogen) atoms. The van der Waals surface area contributed by atoms with Crippen molar-refractivity contribution < 1.29 is 0 Å². The second-order valence-electron chi connectivity index (χ2n) is 3.19. The Labute approximate surface area is 80.5 Å². The van der Waals surface area contributed by atoms with Gasteiger partial charge in [-0.2, -0.15) is 0 Å². The van der Waals surface area contributed by atoms with E-state index < -0.39 is 0 Å². The van der Waals surface area contributed by atoms with E-state index in [2.05, 4.69) is 21.3 Å². The predicted molar refractivity (Wildman–Crippen MR) is 57.2 cm³/mol. The number of aliphatic imine (C=N–C) groups is 1. The lowest BCUT2D eigenvalue weighted by Gasteiger charge is -2.27. The van der Waals surface area contributed by atoms with Crippen LogP contribution in [0.4, 0.5) is 0 Å². The summed E-state index contributed by atoms with van der Waals surface area (Å²) < 4.78 is 0. The van der Waals surface area contributed by atoms with Gasteiger partial charge in [0.2, 0.25) is 0 Å². The molecule has 0 aliphatic carbocycles. The van der Waals surface area contributed by atoms with Crippen LogP contribution in [0.2, 0.25) is 0 Å². The number of hydrogen-bond donors (Lipinski definition) is 1. The van der Waals surface area contributed by atoms with E-state index in [4.69, 9.17) is 0 Å². The lowest BCUT2D eigenvalue weighted by Crippen LogP contribution is -2.44. The van der Waals surface area contributed by atoms with Gasteiger partial charge < -0.3 is 5.32 Å². The zero-order valence-corrected chi connectivity index (χ0v) is 8.58. The van der Waals surface area contributed by atoms with Gasteiger partial charge in [0.25, 0.3) is 0 Å². The molecule has 0 amide bonds. The largest absolute Gasteiger partial charge is 0.314 e. The number of hydrogen-bond acceptors (Lipinski definition) is 3. The number of nitrogens with zero attached hydrogens (tertiary/aromatic N) is 2. The minimum Gasteiger partial charge on any atom is -0.314 e. The third-order valence-corrected chi connectivity index (χ3v) is 2.22. The number of nitrogens with one attached hydrogen (secondary N) is 1. The fraction of sp³-hybridized carbons (Fsp3) is 0.700. The Balaban J connectivity index is 2.36. The Hall–Kier alpha value is -0.670. The minimum atomic E-state index is 0.989. The minimum absolute atomic E-state index is 0.989. The van der Waals surface area contributed by atoms with E-state index in [1.807, 2.05) is 20.1 Å². The van der Waals surface area contributed by atoms with Gasteiger partial charge in [0, 0.05) is 44.6 Å². The quantitative estimate of drug-likeness (QED) is 0.655. The summed E-state index contributed by atoms with van der Waals surface area (Å²) >= 11 is 0. The maximum absolute atomic E-state index is 4.31. The summed E-state index contributed by atoms with van der Waals surface area (Å²) in [4.78, 5) is 6.74. The maximum atomic E-state index is 4.31. The molecule has 1 aliphatic rings. The molecule has 74 valence electrons. The van der Waals surface area contributed by atoms with Crippen LogP contribution in [-0.4, -0.2) is 43.8 Å². The van der Waals surface area contributed by atoms with E-state index in [9.17, 15) is 0 Å². The third-order valence-electron chi connectivity index (χ3n) is 2.22. The van der Waals surface area contributed by atoms with Crippen molar-refractivity contribution in [3.63, 3.8) is 0 Å². The lowest BCUT2D eigenvalue weighted by atomic mass is 10.3. The first-order chi connectivity index (χ1) is 6.36. The van der Waals surface area contributed by atoms with Crippen LogP contribution >= 0.6 is 0 Å². The van der Waals surface area contributed by atoms with Gasteiger partial charge in [-0.15, -0.1) is 0 Å². The molecule has 0 aromatic heterocycles. The molecule has 0 aromatic rings. The van der Waals surface area contributed by atoms with Crippen LogP contribution in [0.3, 0.4) is 0 Å². The van der Waals surface area contributed by atoms with Crippen molar-refractivity contribution in [3.05, 3.63) is 11.8 Å². The molecule has 1 heterocycles. The van der Waals surface area contributed by atoms with E-state index in [1.165, 1.54) is 5.70 Å². The summed E-state index contributed by atoms with van der Waals surface area (Å²) in [6, 6.07) is 0. The molecule has 0 saturated carbocycles. The zero-order chi connectivity index (χ0) is 9.52. The molecule has 0 spiro atoms. The summed E-state index contributed by atoms with van der Waals surface area (Å²) in [5.41, 5.74) is 1.17. The number of rotatable bonds is 3. The van der Waals surface area contributed by atoms with Crippen LogP contribution < -0.4 is 5.32 Å². The zero-order valence-electron chi connectivity index (χ0n) is 8.58. The molecule has 3 heteroatoms. The molecule has 1 aliphatic heterocycles. The van der Waals surface area contributed by atoms with Gasteiger partial charge in [-0.1, -0.05) is 6.08 Å². The van der Waals surface area contributed by atoms with Crippen LogP contribution in [0.5, 0.6) is 0 Å². The van der Waals surface area contributed by atoms with E-state index in [1.54, 1.807) is 0 Å². The highest BCUT2D eigenvalue weighted by atomic mass is 15.2. The monoisotopic (exact) mass is 181 g/mol. The van der Waals surface area contributed by atoms with Gasteiger partial charge in [-0.25, -0.2) is 0 Å². The molecule has 0 atom stereocenters. The van der Waals surface area contributed by atoms with E-state index in [-0.39, 0.29) is 0 Å². The van der Waals surface area contributed by atoms with Crippen molar-refractivity contribution in [1.82, 2.24) is 10.2 Å². The molecule has 3 nitrogen and oxygen atoms in total. The average Bonchev–Trinajstić information content (AvgIpc) is 2.19. The van der Waals surface area contributed by atoms with Gasteiger partial charge in [-0.05, 0) is 13.8 Å². The molecular weight excluding hydrogens is 162 g/mol. The highest BCUT2D eigenvalue weighted by molar-refractivity contribution is 5.55. The van der Waals surface area contributed by atoms with Crippen molar-refractivity contribution in [1.29, 1.82) is 0 Å². The van der Waals surface area contributed by atoms with Crippen LogP contribution in [0.1, 0.15) is 13.8 Å². The standard InChI is InChI=1S/C10H19N3/c1-3-10(12-4-2)9-13-7-5-11-6-8-13/h3-4,11H,5-9H2,1-2H3/b10-3-,12-4?. The Bertz CT molecular complexity index is 190. The van der Waals surface area contributed by atoms with Crippen LogP contribution in [-0.2, 0) is 0 Å². The topological polar surface area (TPSA) is 27.6 Å². The van der Waals surface area contributed by atoms with Gasteiger partial charge in [-0.3, -0.25) is 9.89 Å². The molecule has 1 N–H and O–H groups in total. The Morgan fingerprint density at radius 3 is 2.62 bits per heavy atom. The first-order valence-electron chi connectivity index (χ1n) is 4.93. The Kier molecular flexibility index (Phi) is 4.72. The summed E-state index contributed by atoms with van der Waals surface area (Å²) in [6.45, 7) is 9.47. The molecule has 0 bridgehead atoms. The SMILES string of the molecule is CC=N/C(=C\C)CN1CCNCC1. The molecule has 1 fully saturated rings. The first-order valence-corrected chi connectivity index (χ1v) is 4.93. The Morgan fingerprint density at radius 2 is 2.08 bits per heavy atom. The van der Waals surface area contributed by atoms with E-state index >= 15 is 0 Å². The highest BCUT2D eigenvalue weighted by Gasteiger charge is 2.09. The first kappa shape index (κ1) is 10.4. The second-order valence-corrected chi connectivity index (χ2v) is 3.19. The van der Waals surface area contributed by atoms with Crippen LogP contribution in [0.25, 0.3) is 0 Å². The molecular formula is C10H19N3. The molecule has 1 rings (SSSR count). The van der Waals surface area contributed by atoms with Gasteiger partial charge in [0.15, 0.2) is 0 Å². The predicted octanol–water partition coefficient (Wildman–Crippen LogP) is 0.886.